The van der Waals surface area contributed by atoms with Crippen molar-refractivity contribution in [1.82, 2.24) is 9.38 Å². The number of ether oxygens (including phenoxy) is 1. The van der Waals surface area contributed by atoms with Crippen LogP contribution in [0.3, 0.4) is 0 Å². The SMILES string of the molecule is NC1(COc2nc3sccn3c2[N+](=O)[O-])CCCCCC1. The summed E-state index contributed by atoms with van der Waals surface area (Å²) >= 11 is 1.34. The smallest absolute Gasteiger partial charge is 0.393 e. The lowest BCUT2D eigenvalue weighted by Gasteiger charge is -2.27. The van der Waals surface area contributed by atoms with Crippen LogP contribution in [0, 0.1) is 10.1 Å². The first-order valence-electron chi connectivity index (χ1n) is 7.11. The summed E-state index contributed by atoms with van der Waals surface area (Å²) in [7, 11) is 0. The van der Waals surface area contributed by atoms with Crippen molar-refractivity contribution < 1.29 is 9.66 Å². The molecule has 0 spiro atoms. The van der Waals surface area contributed by atoms with Crippen LogP contribution >= 0.6 is 11.3 Å². The predicted octanol–water partition coefficient (Wildman–Crippen LogP) is 2.73. The zero-order valence-electron chi connectivity index (χ0n) is 11.7. The number of rotatable bonds is 4. The molecular formula is C13H18N4O3S. The van der Waals surface area contributed by atoms with Crippen LogP contribution in [0.5, 0.6) is 5.88 Å². The third-order valence-electron chi connectivity index (χ3n) is 3.97. The number of hydrogen-bond donors (Lipinski definition) is 1. The molecule has 2 aromatic rings. The maximum Gasteiger partial charge on any atom is 0.393 e. The third kappa shape index (κ3) is 2.86. The number of nitro groups is 1. The van der Waals surface area contributed by atoms with Gasteiger partial charge in [-0.1, -0.05) is 37.0 Å². The minimum absolute atomic E-state index is 0.0703. The van der Waals surface area contributed by atoms with Gasteiger partial charge in [-0.05, 0) is 17.8 Å². The monoisotopic (exact) mass is 310 g/mol. The van der Waals surface area contributed by atoms with Crippen LogP contribution in [-0.4, -0.2) is 26.5 Å². The van der Waals surface area contributed by atoms with Crippen molar-refractivity contribution in [2.24, 2.45) is 5.73 Å². The first-order chi connectivity index (χ1) is 10.1. The van der Waals surface area contributed by atoms with Crippen molar-refractivity contribution in [3.63, 3.8) is 0 Å². The Balaban J connectivity index is 1.79. The van der Waals surface area contributed by atoms with Gasteiger partial charge in [-0.15, -0.1) is 0 Å². The quantitative estimate of drug-likeness (QED) is 0.532. The van der Waals surface area contributed by atoms with Gasteiger partial charge in [-0.25, -0.2) is 0 Å². The highest BCUT2D eigenvalue weighted by Crippen LogP contribution is 2.32. The molecule has 21 heavy (non-hydrogen) atoms. The zero-order valence-corrected chi connectivity index (χ0v) is 12.5. The molecule has 0 unspecified atom stereocenters. The number of imidazole rings is 1. The molecule has 114 valence electrons. The summed E-state index contributed by atoms with van der Waals surface area (Å²) in [6, 6.07) is 0. The van der Waals surface area contributed by atoms with Gasteiger partial charge in [0.05, 0.1) is 5.54 Å². The van der Waals surface area contributed by atoms with Gasteiger partial charge in [-0.3, -0.25) is 0 Å². The van der Waals surface area contributed by atoms with Crippen LogP contribution in [-0.2, 0) is 0 Å². The Morgan fingerprint density at radius 2 is 2.14 bits per heavy atom. The van der Waals surface area contributed by atoms with Crippen molar-refractivity contribution >= 4 is 22.1 Å². The molecule has 0 aromatic carbocycles. The second-order valence-corrected chi connectivity index (χ2v) is 6.49. The minimum Gasteiger partial charge on any atom is -0.470 e. The summed E-state index contributed by atoms with van der Waals surface area (Å²) in [6.45, 7) is 0.276. The second kappa shape index (κ2) is 5.61. The van der Waals surface area contributed by atoms with Gasteiger partial charge in [0.25, 0.3) is 4.96 Å². The molecule has 0 radical (unpaired) electrons. The molecule has 0 atom stereocenters. The highest BCUT2D eigenvalue weighted by molar-refractivity contribution is 7.15. The van der Waals surface area contributed by atoms with E-state index in [1.165, 1.54) is 28.6 Å². The summed E-state index contributed by atoms with van der Waals surface area (Å²) in [4.78, 5) is 15.5. The van der Waals surface area contributed by atoms with E-state index in [9.17, 15) is 10.1 Å². The Hall–Kier alpha value is -1.67. The molecule has 0 bridgehead atoms. The van der Waals surface area contributed by atoms with Crippen molar-refractivity contribution in [2.45, 2.75) is 44.1 Å². The fraction of sp³-hybridized carbons (Fsp3) is 0.615. The van der Waals surface area contributed by atoms with Crippen LogP contribution in [0.1, 0.15) is 38.5 Å². The van der Waals surface area contributed by atoms with Crippen LogP contribution < -0.4 is 10.5 Å². The molecule has 1 saturated carbocycles. The Kier molecular flexibility index (Phi) is 3.81. The standard InChI is InChI=1S/C13H18N4O3S/c14-13(5-3-1-2-4-6-13)9-20-10-11(17(18)19)16-7-8-21-12(16)15-10/h7-8H,1-6,9,14H2. The van der Waals surface area contributed by atoms with Crippen molar-refractivity contribution in [3.05, 3.63) is 21.7 Å². The first kappa shape index (κ1) is 14.3. The number of fused-ring (bicyclic) bond motifs is 1. The number of thiazole rings is 1. The van der Waals surface area contributed by atoms with Crippen LogP contribution in [0.15, 0.2) is 11.6 Å². The lowest BCUT2D eigenvalue weighted by atomic mass is 9.93. The van der Waals surface area contributed by atoms with Gasteiger partial charge in [0, 0.05) is 5.38 Å². The van der Waals surface area contributed by atoms with E-state index in [1.807, 2.05) is 0 Å². The first-order valence-corrected chi connectivity index (χ1v) is 7.99. The molecule has 1 fully saturated rings. The van der Waals surface area contributed by atoms with Gasteiger partial charge < -0.3 is 20.6 Å². The normalized spacial score (nSPS) is 18.5. The summed E-state index contributed by atoms with van der Waals surface area (Å²) < 4.78 is 7.09. The summed E-state index contributed by atoms with van der Waals surface area (Å²) in [5.41, 5.74) is 5.97. The van der Waals surface area contributed by atoms with E-state index in [4.69, 9.17) is 10.5 Å². The zero-order chi connectivity index (χ0) is 14.9. The molecule has 1 aliphatic carbocycles. The fourth-order valence-electron chi connectivity index (χ4n) is 2.81. The fourth-order valence-corrected chi connectivity index (χ4v) is 3.51. The summed E-state index contributed by atoms with van der Waals surface area (Å²) in [5, 5.41) is 13.0. The maximum absolute atomic E-state index is 11.2. The molecule has 7 nitrogen and oxygen atoms in total. The van der Waals surface area contributed by atoms with E-state index >= 15 is 0 Å². The highest BCUT2D eigenvalue weighted by Gasteiger charge is 2.31. The molecule has 1 aliphatic rings. The summed E-state index contributed by atoms with van der Waals surface area (Å²) in [6.07, 6.45) is 7.97. The van der Waals surface area contributed by atoms with Gasteiger partial charge in [0.2, 0.25) is 0 Å². The van der Waals surface area contributed by atoms with E-state index in [1.54, 1.807) is 11.6 Å². The van der Waals surface area contributed by atoms with Crippen molar-refractivity contribution in [3.8, 4) is 5.88 Å². The molecule has 2 aromatic heterocycles. The molecule has 2 heterocycles. The van der Waals surface area contributed by atoms with Gasteiger partial charge in [-0.2, -0.15) is 9.38 Å². The Morgan fingerprint density at radius 1 is 1.43 bits per heavy atom. The Morgan fingerprint density at radius 3 is 2.81 bits per heavy atom. The minimum atomic E-state index is -0.460. The van der Waals surface area contributed by atoms with E-state index in [2.05, 4.69) is 4.98 Å². The van der Waals surface area contributed by atoms with Crippen molar-refractivity contribution in [2.75, 3.05) is 6.61 Å². The Bertz CT molecular complexity index is 643. The number of nitrogens with zero attached hydrogens (tertiary/aromatic N) is 3. The van der Waals surface area contributed by atoms with Gasteiger partial charge in [0.15, 0.2) is 0 Å². The topological polar surface area (TPSA) is 95.7 Å². The number of nitrogens with two attached hydrogens (primary N) is 1. The van der Waals surface area contributed by atoms with E-state index < -0.39 is 10.5 Å². The average molecular weight is 310 g/mol. The van der Waals surface area contributed by atoms with E-state index in [0.717, 1.165) is 25.7 Å². The molecular weight excluding hydrogens is 292 g/mol. The maximum atomic E-state index is 11.2. The van der Waals surface area contributed by atoms with E-state index in [-0.39, 0.29) is 18.3 Å². The highest BCUT2D eigenvalue weighted by atomic mass is 32.1. The van der Waals surface area contributed by atoms with E-state index in [0.29, 0.717) is 4.96 Å². The molecule has 0 aliphatic heterocycles. The molecule has 3 rings (SSSR count). The molecule has 2 N–H and O–H groups in total. The number of hydrogen-bond acceptors (Lipinski definition) is 6. The summed E-state index contributed by atoms with van der Waals surface area (Å²) in [5.74, 6) is -0.0515. The van der Waals surface area contributed by atoms with Crippen molar-refractivity contribution in [1.29, 1.82) is 0 Å². The largest absolute Gasteiger partial charge is 0.470 e. The predicted molar refractivity (Wildman–Crippen MR) is 79.8 cm³/mol. The number of aromatic nitrogens is 2. The lowest BCUT2D eigenvalue weighted by molar-refractivity contribution is -0.391. The lowest BCUT2D eigenvalue weighted by Crippen LogP contribution is -2.45. The second-order valence-electron chi connectivity index (χ2n) is 5.62. The van der Waals surface area contributed by atoms with Gasteiger partial charge in [0.1, 0.15) is 12.8 Å². The third-order valence-corrected chi connectivity index (χ3v) is 4.73. The Labute approximate surface area is 125 Å². The molecule has 8 heteroatoms. The van der Waals surface area contributed by atoms with Crippen LogP contribution in [0.25, 0.3) is 4.96 Å². The molecule has 0 saturated heterocycles. The van der Waals surface area contributed by atoms with Crippen LogP contribution in [0.2, 0.25) is 0 Å². The van der Waals surface area contributed by atoms with Gasteiger partial charge >= 0.3 is 11.7 Å². The molecule has 0 amide bonds. The average Bonchev–Trinajstić information content (AvgIpc) is 2.93. The van der Waals surface area contributed by atoms with Crippen LogP contribution in [0.4, 0.5) is 5.82 Å².